The topological polar surface area (TPSA) is 15.3 Å². The Kier molecular flexibility index (Phi) is 3.38. The summed E-state index contributed by atoms with van der Waals surface area (Å²) >= 11 is 0. The maximum Gasteiger partial charge on any atom is 0.0492 e. The summed E-state index contributed by atoms with van der Waals surface area (Å²) in [5.41, 5.74) is 6.30. The van der Waals surface area contributed by atoms with Gasteiger partial charge in [0.25, 0.3) is 0 Å². The first kappa shape index (κ1) is 11.3. The van der Waals surface area contributed by atoms with Gasteiger partial charge in [-0.05, 0) is 31.4 Å². The van der Waals surface area contributed by atoms with Gasteiger partial charge >= 0.3 is 0 Å². The molecular formula is C12H22N2. The van der Waals surface area contributed by atoms with Gasteiger partial charge < -0.3 is 5.01 Å². The Hall–Kier alpha value is -0.760. The number of hydrogen-bond acceptors (Lipinski definition) is 2. The van der Waals surface area contributed by atoms with Crippen LogP contribution >= 0.6 is 0 Å². The molecule has 0 atom stereocenters. The van der Waals surface area contributed by atoms with Gasteiger partial charge in [0.15, 0.2) is 0 Å². The molecule has 0 aromatic carbocycles. The smallest absolute Gasteiger partial charge is 0.0492 e. The molecule has 0 aromatic rings. The summed E-state index contributed by atoms with van der Waals surface area (Å²) in [6.07, 6.45) is 4.52. The molecule has 0 bridgehead atoms. The molecule has 0 unspecified atom stereocenters. The second kappa shape index (κ2) is 4.18. The summed E-state index contributed by atoms with van der Waals surface area (Å²) in [6.45, 7) is 13.1. The van der Waals surface area contributed by atoms with Crippen LogP contribution in [0.3, 0.4) is 0 Å². The maximum absolute atomic E-state index is 3.31. The number of likely N-dealkylation sites (N-methyl/N-ethyl adjacent to an activating group) is 1. The van der Waals surface area contributed by atoms with Crippen LogP contribution in [0.15, 0.2) is 23.4 Å². The first-order valence-corrected chi connectivity index (χ1v) is 5.35. The summed E-state index contributed by atoms with van der Waals surface area (Å²) in [5, 5.41) is 2.19. The normalized spacial score (nSPS) is 18.8. The van der Waals surface area contributed by atoms with Gasteiger partial charge in [-0.25, -0.2) is 5.43 Å². The average molecular weight is 194 g/mol. The highest BCUT2D eigenvalue weighted by atomic mass is 15.5. The molecule has 2 nitrogen and oxygen atoms in total. The first-order chi connectivity index (χ1) is 6.45. The van der Waals surface area contributed by atoms with Crippen molar-refractivity contribution in [3.8, 4) is 0 Å². The van der Waals surface area contributed by atoms with Gasteiger partial charge in [0.2, 0.25) is 0 Å². The molecule has 0 aromatic heterocycles. The molecule has 0 amide bonds. The van der Waals surface area contributed by atoms with Crippen molar-refractivity contribution in [3.05, 3.63) is 23.4 Å². The van der Waals surface area contributed by atoms with Crippen LogP contribution in [0, 0.1) is 5.41 Å². The molecule has 80 valence electrons. The molecule has 1 rings (SSSR count). The highest BCUT2D eigenvalue weighted by Gasteiger charge is 2.16. The third kappa shape index (κ3) is 2.61. The molecule has 1 aliphatic rings. The zero-order chi connectivity index (χ0) is 10.8. The van der Waals surface area contributed by atoms with Gasteiger partial charge in [-0.15, -0.1) is 0 Å². The van der Waals surface area contributed by atoms with E-state index in [9.17, 15) is 0 Å². The summed E-state index contributed by atoms with van der Waals surface area (Å²) in [7, 11) is 0. The Morgan fingerprint density at radius 3 is 2.71 bits per heavy atom. The Balaban J connectivity index is 2.77. The van der Waals surface area contributed by atoms with E-state index in [1.165, 1.54) is 11.3 Å². The fourth-order valence-corrected chi connectivity index (χ4v) is 1.33. The van der Waals surface area contributed by atoms with E-state index in [0.29, 0.717) is 0 Å². The fourth-order valence-electron chi connectivity index (χ4n) is 1.33. The summed E-state index contributed by atoms with van der Waals surface area (Å²) in [4.78, 5) is 0. The third-order valence-electron chi connectivity index (χ3n) is 2.77. The lowest BCUT2D eigenvalue weighted by atomic mass is 9.87. The van der Waals surface area contributed by atoms with Crippen LogP contribution in [0.5, 0.6) is 0 Å². The molecule has 1 heterocycles. The Bertz CT molecular complexity index is 256. The van der Waals surface area contributed by atoms with E-state index in [-0.39, 0.29) is 5.41 Å². The van der Waals surface area contributed by atoms with Crippen LogP contribution in [0.1, 0.15) is 34.6 Å². The molecule has 2 heteroatoms. The second-order valence-corrected chi connectivity index (χ2v) is 4.81. The minimum absolute atomic E-state index is 0.267. The fraction of sp³-hybridized carbons (Fsp3) is 0.667. The predicted octanol–water partition coefficient (Wildman–Crippen LogP) is 2.70. The summed E-state index contributed by atoms with van der Waals surface area (Å²) in [6, 6.07) is 0. The highest BCUT2D eigenvalue weighted by molar-refractivity contribution is 5.26. The molecular weight excluding hydrogens is 172 g/mol. The van der Waals surface area contributed by atoms with E-state index in [1.807, 2.05) is 0 Å². The van der Waals surface area contributed by atoms with Gasteiger partial charge in [0.05, 0.1) is 0 Å². The van der Waals surface area contributed by atoms with Gasteiger partial charge in [-0.2, -0.15) is 0 Å². The lowest BCUT2D eigenvalue weighted by molar-refractivity contribution is 0.304. The molecule has 0 radical (unpaired) electrons. The van der Waals surface area contributed by atoms with Gasteiger partial charge in [-0.3, -0.25) is 0 Å². The monoisotopic (exact) mass is 194 g/mol. The maximum atomic E-state index is 3.31. The average Bonchev–Trinajstić information content (AvgIpc) is 2.50. The van der Waals surface area contributed by atoms with Gasteiger partial charge in [0.1, 0.15) is 0 Å². The van der Waals surface area contributed by atoms with Gasteiger partial charge in [-0.1, -0.05) is 26.3 Å². The van der Waals surface area contributed by atoms with Crippen LogP contribution in [-0.4, -0.2) is 18.1 Å². The standard InChI is InChI=1S/C12H22N2/c1-6-14-11(7-8-13-14)9-10(2)12(3,4)5/h7,9,13H,6,8H2,1-5H3/b10-9+. The first-order valence-electron chi connectivity index (χ1n) is 5.35. The van der Waals surface area contributed by atoms with Gasteiger partial charge in [0, 0.05) is 18.8 Å². The quantitative estimate of drug-likeness (QED) is 0.727. The van der Waals surface area contributed by atoms with Crippen molar-refractivity contribution in [1.29, 1.82) is 0 Å². The lowest BCUT2D eigenvalue weighted by Crippen LogP contribution is -2.31. The molecule has 1 aliphatic heterocycles. The van der Waals surface area contributed by atoms with Crippen molar-refractivity contribution in [3.63, 3.8) is 0 Å². The number of allylic oxidation sites excluding steroid dienone is 2. The van der Waals surface area contributed by atoms with E-state index < -0.39 is 0 Å². The van der Waals surface area contributed by atoms with Crippen molar-refractivity contribution in [2.45, 2.75) is 34.6 Å². The van der Waals surface area contributed by atoms with Crippen molar-refractivity contribution >= 4 is 0 Å². The lowest BCUT2D eigenvalue weighted by Gasteiger charge is -2.23. The SMILES string of the molecule is CCN1NCC=C1/C=C(\C)C(C)(C)C. The van der Waals surface area contributed by atoms with E-state index in [1.54, 1.807) is 0 Å². The molecule has 0 fully saturated rings. The summed E-state index contributed by atoms with van der Waals surface area (Å²) < 4.78 is 0. The van der Waals surface area contributed by atoms with Crippen molar-refractivity contribution in [2.75, 3.05) is 13.1 Å². The minimum atomic E-state index is 0.267. The molecule has 0 saturated carbocycles. The molecule has 0 saturated heterocycles. The van der Waals surface area contributed by atoms with Crippen LogP contribution in [-0.2, 0) is 0 Å². The summed E-state index contributed by atoms with van der Waals surface area (Å²) in [5.74, 6) is 0. The van der Waals surface area contributed by atoms with Crippen molar-refractivity contribution in [2.24, 2.45) is 5.41 Å². The molecule has 0 aliphatic carbocycles. The van der Waals surface area contributed by atoms with Crippen LogP contribution in [0.4, 0.5) is 0 Å². The van der Waals surface area contributed by atoms with Crippen LogP contribution < -0.4 is 5.43 Å². The number of nitrogens with zero attached hydrogens (tertiary/aromatic N) is 1. The molecule has 1 N–H and O–H groups in total. The zero-order valence-corrected chi connectivity index (χ0v) is 10.0. The van der Waals surface area contributed by atoms with E-state index in [2.05, 4.69) is 57.2 Å². The Morgan fingerprint density at radius 1 is 1.57 bits per heavy atom. The Labute approximate surface area is 87.6 Å². The number of hydrazine groups is 1. The number of hydrogen-bond donors (Lipinski definition) is 1. The second-order valence-electron chi connectivity index (χ2n) is 4.81. The van der Waals surface area contributed by atoms with E-state index in [4.69, 9.17) is 0 Å². The zero-order valence-electron chi connectivity index (χ0n) is 10.0. The van der Waals surface area contributed by atoms with E-state index >= 15 is 0 Å². The molecule has 14 heavy (non-hydrogen) atoms. The van der Waals surface area contributed by atoms with Crippen molar-refractivity contribution < 1.29 is 0 Å². The minimum Gasteiger partial charge on any atom is -0.309 e. The highest BCUT2D eigenvalue weighted by Crippen LogP contribution is 2.26. The number of rotatable bonds is 2. The molecule has 0 spiro atoms. The van der Waals surface area contributed by atoms with Crippen molar-refractivity contribution in [1.82, 2.24) is 10.4 Å². The predicted molar refractivity (Wildman–Crippen MR) is 61.7 cm³/mol. The van der Waals surface area contributed by atoms with E-state index in [0.717, 1.165) is 13.1 Å². The largest absolute Gasteiger partial charge is 0.309 e. The Morgan fingerprint density at radius 2 is 2.21 bits per heavy atom. The van der Waals surface area contributed by atoms with Crippen LogP contribution in [0.2, 0.25) is 0 Å². The van der Waals surface area contributed by atoms with Crippen LogP contribution in [0.25, 0.3) is 0 Å². The third-order valence-corrected chi connectivity index (χ3v) is 2.77. The number of nitrogens with one attached hydrogen (secondary N) is 1.